The van der Waals surface area contributed by atoms with E-state index in [-0.39, 0.29) is 0 Å². The molecular weight excluding hydrogens is 420 g/mol. The number of carbonyl (C=O) groups excluding carboxylic acids is 2. The van der Waals surface area contributed by atoms with Gasteiger partial charge in [0.15, 0.2) is 0 Å². The summed E-state index contributed by atoms with van der Waals surface area (Å²) in [6.07, 6.45) is 0. The lowest BCUT2D eigenvalue weighted by molar-refractivity contribution is -0.120. The first-order valence-corrected chi connectivity index (χ1v) is 10.2. The fourth-order valence-electron chi connectivity index (χ4n) is 3.42. The van der Waals surface area contributed by atoms with Crippen LogP contribution in [-0.4, -0.2) is 64.3 Å². The monoisotopic (exact) mass is 444 g/mol. The maximum atomic E-state index is 13.6. The van der Waals surface area contributed by atoms with E-state index < -0.39 is 11.8 Å². The Morgan fingerprint density at radius 2 is 1.55 bits per heavy atom. The van der Waals surface area contributed by atoms with Gasteiger partial charge in [0.1, 0.15) is 11.4 Å². The first kappa shape index (κ1) is 22.8. The zero-order chi connectivity index (χ0) is 22.4. The van der Waals surface area contributed by atoms with Crippen molar-refractivity contribution in [2.45, 2.75) is 0 Å². The normalized spacial score (nSPS) is 13.9. The summed E-state index contributed by atoms with van der Waals surface area (Å²) in [5, 5.41) is 0.438. The average molecular weight is 445 g/mol. The van der Waals surface area contributed by atoms with Crippen LogP contribution in [0, 0.1) is 0 Å². The number of anilines is 1. The third kappa shape index (κ3) is 4.90. The van der Waals surface area contributed by atoms with Crippen LogP contribution in [0.15, 0.2) is 54.2 Å². The number of nitrogens with zero attached hydrogens (tertiary/aromatic N) is 2. The second kappa shape index (κ2) is 10.4. The third-order valence-corrected chi connectivity index (χ3v) is 5.19. The zero-order valence-electron chi connectivity index (χ0n) is 17.8. The van der Waals surface area contributed by atoms with E-state index in [9.17, 15) is 9.59 Å². The molecule has 0 radical (unpaired) electrons. The number of ether oxygens (including phenoxy) is 3. The molecule has 2 aromatic rings. The van der Waals surface area contributed by atoms with Crippen molar-refractivity contribution in [3.63, 3.8) is 0 Å². The van der Waals surface area contributed by atoms with Crippen LogP contribution in [-0.2, 0) is 19.1 Å². The van der Waals surface area contributed by atoms with Crippen molar-refractivity contribution in [2.75, 3.05) is 52.5 Å². The lowest BCUT2D eigenvalue weighted by Crippen LogP contribution is -2.37. The van der Waals surface area contributed by atoms with E-state index in [1.54, 1.807) is 69.9 Å². The number of carbonyl (C=O) groups is 2. The molecule has 0 bridgehead atoms. The summed E-state index contributed by atoms with van der Waals surface area (Å²) in [6, 6.07) is 13.7. The summed E-state index contributed by atoms with van der Waals surface area (Å²) in [4.78, 5) is 30.1. The molecule has 31 heavy (non-hydrogen) atoms. The second-order valence-corrected chi connectivity index (χ2v) is 7.29. The minimum Gasteiger partial charge on any atom is -0.497 e. The van der Waals surface area contributed by atoms with Crippen LogP contribution < -0.4 is 9.64 Å². The summed E-state index contributed by atoms with van der Waals surface area (Å²) in [7, 11) is 4.75. The molecule has 1 aliphatic rings. The van der Waals surface area contributed by atoms with Gasteiger partial charge in [-0.2, -0.15) is 0 Å². The van der Waals surface area contributed by atoms with Crippen LogP contribution in [0.25, 0.3) is 5.57 Å². The van der Waals surface area contributed by atoms with Crippen molar-refractivity contribution < 1.29 is 23.8 Å². The van der Waals surface area contributed by atoms with Crippen LogP contribution in [0.1, 0.15) is 5.56 Å². The minimum atomic E-state index is -0.412. The molecule has 2 aromatic carbocycles. The summed E-state index contributed by atoms with van der Waals surface area (Å²) < 4.78 is 15.7. The molecule has 0 N–H and O–H groups in total. The van der Waals surface area contributed by atoms with E-state index in [0.717, 1.165) is 4.90 Å². The van der Waals surface area contributed by atoms with Crippen molar-refractivity contribution in [3.8, 4) is 5.75 Å². The number of amides is 2. The Morgan fingerprint density at radius 1 is 0.903 bits per heavy atom. The van der Waals surface area contributed by atoms with E-state index in [1.165, 1.54) is 0 Å². The smallest absolute Gasteiger partial charge is 0.282 e. The molecule has 0 saturated carbocycles. The molecule has 0 fully saturated rings. The van der Waals surface area contributed by atoms with Gasteiger partial charge in [0, 0.05) is 32.3 Å². The Hall–Kier alpha value is -2.87. The van der Waals surface area contributed by atoms with Gasteiger partial charge in [0.05, 0.1) is 31.6 Å². The highest BCUT2D eigenvalue weighted by Crippen LogP contribution is 2.36. The van der Waals surface area contributed by atoms with Crippen LogP contribution in [0.5, 0.6) is 5.75 Å². The average Bonchev–Trinajstić information content (AvgIpc) is 3.04. The van der Waals surface area contributed by atoms with Gasteiger partial charge in [0.25, 0.3) is 11.8 Å². The van der Waals surface area contributed by atoms with Crippen molar-refractivity contribution in [1.82, 2.24) is 4.90 Å². The highest BCUT2D eigenvalue weighted by atomic mass is 35.5. The van der Waals surface area contributed by atoms with E-state index in [0.29, 0.717) is 59.6 Å². The fourth-order valence-corrected chi connectivity index (χ4v) is 3.60. The molecule has 164 valence electrons. The number of halogens is 1. The molecule has 0 spiro atoms. The van der Waals surface area contributed by atoms with E-state index in [4.69, 9.17) is 25.8 Å². The zero-order valence-corrected chi connectivity index (χ0v) is 18.5. The van der Waals surface area contributed by atoms with Gasteiger partial charge in [-0.1, -0.05) is 29.8 Å². The molecule has 0 aromatic heterocycles. The predicted molar refractivity (Wildman–Crippen MR) is 119 cm³/mol. The molecule has 0 aliphatic carbocycles. The van der Waals surface area contributed by atoms with Gasteiger partial charge in [-0.25, -0.2) is 4.90 Å². The highest BCUT2D eigenvalue weighted by molar-refractivity contribution is 6.45. The SMILES string of the molecule is COCCN(CCOC)C1=C(c2ccc(OC)cc2)C(=O)N(c2cccc(Cl)c2)C1=O. The number of imide groups is 1. The lowest BCUT2D eigenvalue weighted by Gasteiger charge is -2.25. The standard InChI is InChI=1S/C23H25ClN2O5/c1-29-13-11-25(12-14-30-2)21-20(16-7-9-19(31-3)10-8-16)22(27)26(23(21)28)18-6-4-5-17(24)15-18/h4-10,15H,11-14H2,1-3H3. The summed E-state index contributed by atoms with van der Waals surface area (Å²) >= 11 is 6.12. The number of methoxy groups -OCH3 is 3. The Kier molecular flexibility index (Phi) is 7.68. The Bertz CT molecular complexity index is 966. The molecular formula is C23H25ClN2O5. The molecule has 1 aliphatic heterocycles. The van der Waals surface area contributed by atoms with Gasteiger partial charge in [-0.15, -0.1) is 0 Å². The number of hydrogen-bond donors (Lipinski definition) is 0. The van der Waals surface area contributed by atoms with Crippen molar-refractivity contribution in [3.05, 3.63) is 64.8 Å². The van der Waals surface area contributed by atoms with E-state index >= 15 is 0 Å². The van der Waals surface area contributed by atoms with Gasteiger partial charge in [0.2, 0.25) is 0 Å². The Morgan fingerprint density at radius 3 is 2.10 bits per heavy atom. The topological polar surface area (TPSA) is 68.3 Å². The lowest BCUT2D eigenvalue weighted by atomic mass is 10.0. The Labute approximate surface area is 186 Å². The molecule has 0 saturated heterocycles. The molecule has 0 atom stereocenters. The summed E-state index contributed by atoms with van der Waals surface area (Å²) in [5.41, 5.74) is 1.67. The molecule has 7 nitrogen and oxygen atoms in total. The summed E-state index contributed by atoms with van der Waals surface area (Å²) in [6.45, 7) is 1.64. The number of rotatable bonds is 10. The highest BCUT2D eigenvalue weighted by Gasteiger charge is 2.42. The molecule has 1 heterocycles. The predicted octanol–water partition coefficient (Wildman–Crippen LogP) is 3.23. The second-order valence-electron chi connectivity index (χ2n) is 6.85. The van der Waals surface area contributed by atoms with E-state index in [2.05, 4.69) is 0 Å². The molecule has 2 amide bonds. The molecule has 8 heteroatoms. The maximum Gasteiger partial charge on any atom is 0.282 e. The number of hydrogen-bond acceptors (Lipinski definition) is 6. The Balaban J connectivity index is 2.12. The van der Waals surface area contributed by atoms with E-state index in [1.807, 2.05) is 4.90 Å². The van der Waals surface area contributed by atoms with Gasteiger partial charge in [-0.05, 0) is 35.9 Å². The minimum absolute atomic E-state index is 0.309. The fraction of sp³-hybridized carbons (Fsp3) is 0.304. The summed E-state index contributed by atoms with van der Waals surface area (Å²) in [5.74, 6) is -0.164. The van der Waals surface area contributed by atoms with Gasteiger partial charge < -0.3 is 19.1 Å². The van der Waals surface area contributed by atoms with Gasteiger partial charge >= 0.3 is 0 Å². The van der Waals surface area contributed by atoms with Crippen molar-refractivity contribution >= 4 is 34.7 Å². The van der Waals surface area contributed by atoms with Crippen LogP contribution in [0.2, 0.25) is 5.02 Å². The first-order chi connectivity index (χ1) is 15.0. The quantitative estimate of drug-likeness (QED) is 0.524. The maximum absolute atomic E-state index is 13.6. The van der Waals surface area contributed by atoms with Crippen molar-refractivity contribution in [1.29, 1.82) is 0 Å². The van der Waals surface area contributed by atoms with Gasteiger partial charge in [-0.3, -0.25) is 9.59 Å². The van der Waals surface area contributed by atoms with Crippen molar-refractivity contribution in [2.24, 2.45) is 0 Å². The third-order valence-electron chi connectivity index (χ3n) is 4.95. The largest absolute Gasteiger partial charge is 0.497 e. The first-order valence-electron chi connectivity index (χ1n) is 9.77. The molecule has 0 unspecified atom stereocenters. The number of benzene rings is 2. The van der Waals surface area contributed by atoms with Crippen LogP contribution in [0.3, 0.4) is 0 Å². The molecule has 3 rings (SSSR count). The van der Waals surface area contributed by atoms with Crippen LogP contribution in [0.4, 0.5) is 5.69 Å². The van der Waals surface area contributed by atoms with Crippen LogP contribution >= 0.6 is 11.6 Å².